The monoisotopic (exact) mass is 326 g/mol. The van der Waals surface area contributed by atoms with Crippen molar-refractivity contribution in [1.29, 1.82) is 0 Å². The largest absolute Gasteiger partial charge is 0.455 e. The molecule has 0 aliphatic heterocycles. The number of rotatable bonds is 6. The first-order chi connectivity index (χ1) is 11.5. The lowest BCUT2D eigenvalue weighted by Crippen LogP contribution is -2.44. The molecule has 0 aliphatic carbocycles. The molecule has 0 aromatic heterocycles. The van der Waals surface area contributed by atoms with E-state index in [9.17, 15) is 9.59 Å². The van der Waals surface area contributed by atoms with Gasteiger partial charge < -0.3 is 9.47 Å². The van der Waals surface area contributed by atoms with Crippen molar-refractivity contribution in [3.63, 3.8) is 0 Å². The van der Waals surface area contributed by atoms with Crippen molar-refractivity contribution in [1.82, 2.24) is 0 Å². The van der Waals surface area contributed by atoms with Gasteiger partial charge in [0.2, 0.25) is 0 Å². The Morgan fingerprint density at radius 2 is 1.38 bits per heavy atom. The first-order valence-corrected chi connectivity index (χ1v) is 8.00. The van der Waals surface area contributed by atoms with Crippen molar-refractivity contribution in [2.24, 2.45) is 0 Å². The predicted octanol–water partition coefficient (Wildman–Crippen LogP) is 4.26. The van der Waals surface area contributed by atoms with Gasteiger partial charge in [-0.2, -0.15) is 0 Å². The van der Waals surface area contributed by atoms with Gasteiger partial charge in [-0.1, -0.05) is 43.3 Å². The van der Waals surface area contributed by atoms with Gasteiger partial charge in [0.1, 0.15) is 11.7 Å². The molecule has 0 saturated carbocycles. The van der Waals surface area contributed by atoms with Gasteiger partial charge in [-0.3, -0.25) is 0 Å². The SMILES string of the molecule is CCC(C)(OC(=O)c1ccccc1)C(C)OC(=O)c1ccccc1. The van der Waals surface area contributed by atoms with E-state index in [1.807, 2.05) is 19.1 Å². The van der Waals surface area contributed by atoms with E-state index in [0.717, 1.165) is 0 Å². The van der Waals surface area contributed by atoms with Crippen LogP contribution in [-0.2, 0) is 9.47 Å². The van der Waals surface area contributed by atoms with E-state index in [2.05, 4.69) is 0 Å². The summed E-state index contributed by atoms with van der Waals surface area (Å²) in [6, 6.07) is 17.5. The fraction of sp³-hybridized carbons (Fsp3) is 0.300. The van der Waals surface area contributed by atoms with Crippen LogP contribution in [-0.4, -0.2) is 23.6 Å². The Hall–Kier alpha value is -2.62. The lowest BCUT2D eigenvalue weighted by Gasteiger charge is -2.33. The van der Waals surface area contributed by atoms with E-state index < -0.39 is 23.6 Å². The molecule has 2 rings (SSSR count). The third kappa shape index (κ3) is 4.22. The zero-order chi connectivity index (χ0) is 17.6. The number of hydrogen-bond donors (Lipinski definition) is 0. The van der Waals surface area contributed by atoms with Crippen LogP contribution >= 0.6 is 0 Å². The fourth-order valence-corrected chi connectivity index (χ4v) is 2.22. The molecule has 24 heavy (non-hydrogen) atoms. The average molecular weight is 326 g/mol. The molecule has 126 valence electrons. The van der Waals surface area contributed by atoms with E-state index in [1.165, 1.54) is 0 Å². The number of carbonyl (C=O) groups excluding carboxylic acids is 2. The van der Waals surface area contributed by atoms with Crippen LogP contribution in [0, 0.1) is 0 Å². The first-order valence-electron chi connectivity index (χ1n) is 8.00. The second-order valence-corrected chi connectivity index (χ2v) is 5.84. The van der Waals surface area contributed by atoms with Crippen LogP contribution in [0.15, 0.2) is 60.7 Å². The summed E-state index contributed by atoms with van der Waals surface area (Å²) in [7, 11) is 0. The highest BCUT2D eigenvalue weighted by atomic mass is 16.6. The zero-order valence-corrected chi connectivity index (χ0v) is 14.2. The van der Waals surface area contributed by atoms with Crippen molar-refractivity contribution in [2.75, 3.05) is 0 Å². The molecule has 2 aromatic carbocycles. The summed E-state index contributed by atoms with van der Waals surface area (Å²) in [5, 5.41) is 0. The number of hydrogen-bond acceptors (Lipinski definition) is 4. The molecule has 0 bridgehead atoms. The molecule has 0 aliphatic rings. The Morgan fingerprint density at radius 1 is 0.917 bits per heavy atom. The third-order valence-electron chi connectivity index (χ3n) is 4.19. The normalized spacial score (nSPS) is 14.3. The van der Waals surface area contributed by atoms with Crippen LogP contribution in [0.1, 0.15) is 47.9 Å². The van der Waals surface area contributed by atoms with E-state index in [0.29, 0.717) is 17.5 Å². The third-order valence-corrected chi connectivity index (χ3v) is 4.19. The maximum Gasteiger partial charge on any atom is 0.338 e. The molecule has 2 atom stereocenters. The topological polar surface area (TPSA) is 52.6 Å². The number of ether oxygens (including phenoxy) is 2. The quantitative estimate of drug-likeness (QED) is 0.744. The minimum atomic E-state index is -0.905. The zero-order valence-electron chi connectivity index (χ0n) is 14.2. The highest BCUT2D eigenvalue weighted by Crippen LogP contribution is 2.25. The van der Waals surface area contributed by atoms with E-state index in [1.54, 1.807) is 62.4 Å². The Kier molecular flexibility index (Phi) is 5.74. The summed E-state index contributed by atoms with van der Waals surface area (Å²) in [4.78, 5) is 24.5. The van der Waals surface area contributed by atoms with Crippen LogP contribution < -0.4 is 0 Å². The average Bonchev–Trinajstić information content (AvgIpc) is 2.62. The Labute approximate surface area is 142 Å². The summed E-state index contributed by atoms with van der Waals surface area (Å²) >= 11 is 0. The Balaban J connectivity index is 2.07. The number of benzene rings is 2. The molecule has 2 unspecified atom stereocenters. The molecule has 0 spiro atoms. The molecule has 0 heterocycles. The lowest BCUT2D eigenvalue weighted by molar-refractivity contribution is -0.0832. The van der Waals surface area contributed by atoms with Crippen molar-refractivity contribution in [3.05, 3.63) is 71.8 Å². The van der Waals surface area contributed by atoms with Crippen LogP contribution in [0.5, 0.6) is 0 Å². The summed E-state index contributed by atoms with van der Waals surface area (Å²) in [6.07, 6.45) is -0.0580. The molecular formula is C20H22O4. The van der Waals surface area contributed by atoms with Crippen LogP contribution in [0.2, 0.25) is 0 Å². The highest BCUT2D eigenvalue weighted by Gasteiger charge is 2.36. The van der Waals surface area contributed by atoms with Crippen LogP contribution in [0.25, 0.3) is 0 Å². The Morgan fingerprint density at radius 3 is 1.83 bits per heavy atom. The molecule has 0 fully saturated rings. The van der Waals surface area contributed by atoms with E-state index in [4.69, 9.17) is 9.47 Å². The van der Waals surface area contributed by atoms with Crippen molar-refractivity contribution in [2.45, 2.75) is 38.9 Å². The van der Waals surface area contributed by atoms with Crippen molar-refractivity contribution in [3.8, 4) is 0 Å². The molecule has 0 amide bonds. The van der Waals surface area contributed by atoms with E-state index >= 15 is 0 Å². The smallest absolute Gasteiger partial charge is 0.338 e. The molecular weight excluding hydrogens is 304 g/mol. The molecule has 4 heteroatoms. The maximum atomic E-state index is 12.3. The molecule has 0 N–H and O–H groups in total. The van der Waals surface area contributed by atoms with Gasteiger partial charge in [-0.15, -0.1) is 0 Å². The second-order valence-electron chi connectivity index (χ2n) is 5.84. The van der Waals surface area contributed by atoms with Gasteiger partial charge in [-0.05, 0) is 44.5 Å². The summed E-state index contributed by atoms with van der Waals surface area (Å²) in [5.74, 6) is -0.860. The van der Waals surface area contributed by atoms with E-state index in [-0.39, 0.29) is 0 Å². The molecule has 2 aromatic rings. The van der Waals surface area contributed by atoms with Gasteiger partial charge in [0, 0.05) is 0 Å². The minimum Gasteiger partial charge on any atom is -0.455 e. The van der Waals surface area contributed by atoms with Crippen LogP contribution in [0.3, 0.4) is 0 Å². The lowest BCUT2D eigenvalue weighted by atomic mass is 9.96. The second kappa shape index (κ2) is 7.77. The summed E-state index contributed by atoms with van der Waals surface area (Å²) < 4.78 is 11.2. The number of esters is 2. The standard InChI is InChI=1S/C20H22O4/c1-4-20(3,24-19(22)17-13-9-6-10-14-17)15(2)23-18(21)16-11-7-5-8-12-16/h5-15H,4H2,1-3H3. The van der Waals surface area contributed by atoms with Crippen molar-refractivity contribution >= 4 is 11.9 Å². The van der Waals surface area contributed by atoms with Gasteiger partial charge in [0.25, 0.3) is 0 Å². The van der Waals surface area contributed by atoms with Gasteiger partial charge in [-0.25, -0.2) is 9.59 Å². The molecule has 4 nitrogen and oxygen atoms in total. The highest BCUT2D eigenvalue weighted by molar-refractivity contribution is 5.90. The van der Waals surface area contributed by atoms with Gasteiger partial charge in [0.05, 0.1) is 11.1 Å². The summed E-state index contributed by atoms with van der Waals surface area (Å²) in [5.41, 5.74) is 0.0353. The first kappa shape index (κ1) is 17.7. The fourth-order valence-electron chi connectivity index (χ4n) is 2.22. The predicted molar refractivity (Wildman–Crippen MR) is 91.9 cm³/mol. The Bertz CT molecular complexity index is 681. The molecule has 0 radical (unpaired) electrons. The minimum absolute atomic E-state index is 0.428. The summed E-state index contributed by atoms with van der Waals surface area (Å²) in [6.45, 7) is 5.41. The maximum absolute atomic E-state index is 12.3. The van der Waals surface area contributed by atoms with Gasteiger partial charge >= 0.3 is 11.9 Å². The van der Waals surface area contributed by atoms with Gasteiger partial charge in [0.15, 0.2) is 0 Å². The van der Waals surface area contributed by atoms with Crippen molar-refractivity contribution < 1.29 is 19.1 Å². The number of carbonyl (C=O) groups is 2. The molecule has 0 saturated heterocycles. The van der Waals surface area contributed by atoms with Crippen LogP contribution in [0.4, 0.5) is 0 Å².